The fourth-order valence-electron chi connectivity index (χ4n) is 4.34. The average Bonchev–Trinajstić information content (AvgIpc) is 3.45. The number of pyridine rings is 1. The third-order valence-electron chi connectivity index (χ3n) is 6.53. The molecule has 0 radical (unpaired) electrons. The average molecular weight is 565 g/mol. The van der Waals surface area contributed by atoms with Gasteiger partial charge in [0, 0.05) is 40.4 Å². The molecule has 0 saturated heterocycles. The number of thiazole rings is 1. The summed E-state index contributed by atoms with van der Waals surface area (Å²) in [4.78, 5) is 10.5. The zero-order chi connectivity index (χ0) is 28.3. The first-order valence-corrected chi connectivity index (χ1v) is 14.4. The molecule has 0 fully saturated rings. The van der Waals surface area contributed by atoms with E-state index in [0.29, 0.717) is 18.8 Å². The highest BCUT2D eigenvalue weighted by atomic mass is 32.1. The summed E-state index contributed by atoms with van der Waals surface area (Å²) in [6, 6.07) is 29.9. The lowest BCUT2D eigenvalue weighted by atomic mass is 10.1. The van der Waals surface area contributed by atoms with Crippen molar-refractivity contribution in [1.29, 1.82) is 0 Å². The van der Waals surface area contributed by atoms with E-state index < -0.39 is 0 Å². The van der Waals surface area contributed by atoms with E-state index in [1.807, 2.05) is 48.7 Å². The Morgan fingerprint density at radius 2 is 1.46 bits per heavy atom. The number of nitrogens with zero attached hydrogens (tertiary/aromatic N) is 3. The van der Waals surface area contributed by atoms with Crippen LogP contribution in [-0.4, -0.2) is 34.2 Å². The minimum Gasteiger partial charge on any atom is -0.494 e. The van der Waals surface area contributed by atoms with Crippen molar-refractivity contribution in [2.75, 3.05) is 13.2 Å². The summed E-state index contributed by atoms with van der Waals surface area (Å²) < 4.78 is 11.8. The smallest absolute Gasteiger partial charge is 0.170 e. The number of rotatable bonds is 13. The molecule has 7 nitrogen and oxygen atoms in total. The molecule has 0 amide bonds. The molecular weight excluding hydrogens is 532 g/mol. The molecule has 41 heavy (non-hydrogen) atoms. The Hall–Kier alpha value is -4.69. The number of amidine groups is 1. The molecule has 3 N–H and O–H groups in total. The SMILES string of the molecule is N/C(=N/O)c1ccc(OCCCCCOc2ccc(-c3nc(-c4cccnc4)sc3Cc3ccccc3)cc2)cc1. The maximum Gasteiger partial charge on any atom is 0.170 e. The van der Waals surface area contributed by atoms with Crippen molar-refractivity contribution in [2.45, 2.75) is 25.7 Å². The zero-order valence-electron chi connectivity index (χ0n) is 22.6. The summed E-state index contributed by atoms with van der Waals surface area (Å²) in [6.07, 6.45) is 7.34. The first-order valence-electron chi connectivity index (χ1n) is 13.6. The van der Waals surface area contributed by atoms with Crippen LogP contribution in [0.15, 0.2) is 109 Å². The van der Waals surface area contributed by atoms with Crippen LogP contribution in [0.2, 0.25) is 0 Å². The quantitative estimate of drug-likeness (QED) is 0.0516. The second kappa shape index (κ2) is 14.1. The van der Waals surface area contributed by atoms with Gasteiger partial charge in [-0.2, -0.15) is 0 Å². The molecule has 0 spiro atoms. The van der Waals surface area contributed by atoms with Crippen LogP contribution in [0.4, 0.5) is 0 Å². The van der Waals surface area contributed by atoms with E-state index in [-0.39, 0.29) is 5.84 Å². The van der Waals surface area contributed by atoms with Crippen LogP contribution in [0.1, 0.15) is 35.3 Å². The molecular formula is C33H32N4O3S. The fraction of sp³-hybridized carbons (Fsp3) is 0.182. The van der Waals surface area contributed by atoms with Crippen LogP contribution in [0.5, 0.6) is 11.5 Å². The maximum absolute atomic E-state index is 8.74. The van der Waals surface area contributed by atoms with E-state index in [9.17, 15) is 0 Å². The monoisotopic (exact) mass is 564 g/mol. The van der Waals surface area contributed by atoms with Crippen LogP contribution in [0.25, 0.3) is 21.8 Å². The number of aromatic nitrogens is 2. The first-order chi connectivity index (χ1) is 20.2. The van der Waals surface area contributed by atoms with Gasteiger partial charge >= 0.3 is 0 Å². The fourth-order valence-corrected chi connectivity index (χ4v) is 5.45. The van der Waals surface area contributed by atoms with Gasteiger partial charge < -0.3 is 20.4 Å². The van der Waals surface area contributed by atoms with E-state index in [0.717, 1.165) is 59.0 Å². The van der Waals surface area contributed by atoms with Crippen LogP contribution in [0.3, 0.4) is 0 Å². The predicted molar refractivity (Wildman–Crippen MR) is 164 cm³/mol. The zero-order valence-corrected chi connectivity index (χ0v) is 23.5. The number of ether oxygens (including phenoxy) is 2. The lowest BCUT2D eigenvalue weighted by Gasteiger charge is -2.09. The van der Waals surface area contributed by atoms with Gasteiger partial charge in [0.15, 0.2) is 5.84 Å². The highest BCUT2D eigenvalue weighted by Crippen LogP contribution is 2.35. The molecule has 0 saturated carbocycles. The second-order valence-corrected chi connectivity index (χ2v) is 10.6. The molecule has 0 bridgehead atoms. The lowest BCUT2D eigenvalue weighted by molar-refractivity contribution is 0.279. The minimum atomic E-state index is 0.0806. The van der Waals surface area contributed by atoms with E-state index in [1.54, 1.807) is 29.7 Å². The van der Waals surface area contributed by atoms with Gasteiger partial charge in [-0.15, -0.1) is 11.3 Å². The standard InChI is InChI=1S/C33H32N4O3S/c34-32(37-38)26-13-17-29(18-14-26)40-21-6-2-5-20-39-28-15-11-25(12-16-28)31-30(22-24-8-3-1-4-9-24)41-33(36-31)27-10-7-19-35-23-27/h1,3-4,7-19,23,38H,2,5-6,20-22H2,(H2,34,37). The van der Waals surface area contributed by atoms with E-state index in [2.05, 4.69) is 46.5 Å². The normalized spacial score (nSPS) is 11.4. The van der Waals surface area contributed by atoms with Gasteiger partial charge in [-0.3, -0.25) is 4.98 Å². The van der Waals surface area contributed by atoms with Gasteiger partial charge in [0.1, 0.15) is 16.5 Å². The second-order valence-electron chi connectivity index (χ2n) is 9.49. The number of benzene rings is 3. The number of nitrogens with two attached hydrogens (primary N) is 1. The third-order valence-corrected chi connectivity index (χ3v) is 7.63. The number of hydrogen-bond donors (Lipinski definition) is 2. The van der Waals surface area contributed by atoms with Crippen LogP contribution in [-0.2, 0) is 6.42 Å². The Labute approximate surface area is 244 Å². The number of unbranched alkanes of at least 4 members (excludes halogenated alkanes) is 2. The van der Waals surface area contributed by atoms with Crippen molar-refractivity contribution in [3.05, 3.63) is 119 Å². The molecule has 0 atom stereocenters. The van der Waals surface area contributed by atoms with Crippen molar-refractivity contribution < 1.29 is 14.7 Å². The van der Waals surface area contributed by atoms with E-state index in [4.69, 9.17) is 25.4 Å². The molecule has 3 aromatic carbocycles. The van der Waals surface area contributed by atoms with Gasteiger partial charge in [-0.1, -0.05) is 35.5 Å². The van der Waals surface area contributed by atoms with Crippen LogP contribution in [0, 0.1) is 0 Å². The summed E-state index contributed by atoms with van der Waals surface area (Å²) in [7, 11) is 0. The minimum absolute atomic E-state index is 0.0806. The molecule has 5 rings (SSSR count). The Kier molecular flexibility index (Phi) is 9.58. The van der Waals surface area contributed by atoms with Crippen molar-refractivity contribution in [3.63, 3.8) is 0 Å². The Balaban J connectivity index is 1.12. The molecule has 0 aliphatic rings. The predicted octanol–water partition coefficient (Wildman–Crippen LogP) is 7.19. The highest BCUT2D eigenvalue weighted by Gasteiger charge is 2.15. The van der Waals surface area contributed by atoms with Gasteiger partial charge in [0.05, 0.1) is 18.9 Å². The Morgan fingerprint density at radius 1 is 0.780 bits per heavy atom. The summed E-state index contributed by atoms with van der Waals surface area (Å²) in [6.45, 7) is 1.27. The Bertz CT molecular complexity index is 1540. The van der Waals surface area contributed by atoms with E-state index >= 15 is 0 Å². The molecule has 0 unspecified atom stereocenters. The van der Waals surface area contributed by atoms with Crippen LogP contribution < -0.4 is 15.2 Å². The molecule has 2 aromatic heterocycles. The van der Waals surface area contributed by atoms with Crippen molar-refractivity contribution >= 4 is 17.2 Å². The molecule has 2 heterocycles. The van der Waals surface area contributed by atoms with Crippen molar-refractivity contribution in [3.8, 4) is 33.3 Å². The lowest BCUT2D eigenvalue weighted by Crippen LogP contribution is -2.12. The van der Waals surface area contributed by atoms with Crippen LogP contribution >= 0.6 is 11.3 Å². The molecule has 0 aliphatic carbocycles. The van der Waals surface area contributed by atoms with E-state index in [1.165, 1.54) is 10.4 Å². The summed E-state index contributed by atoms with van der Waals surface area (Å²) >= 11 is 1.72. The van der Waals surface area contributed by atoms with Gasteiger partial charge in [0.2, 0.25) is 0 Å². The topological polar surface area (TPSA) is 103 Å². The largest absolute Gasteiger partial charge is 0.494 e. The molecule has 8 heteroatoms. The molecule has 5 aromatic rings. The Morgan fingerprint density at radius 3 is 2.10 bits per heavy atom. The number of hydrogen-bond acceptors (Lipinski definition) is 7. The molecule has 208 valence electrons. The number of oxime groups is 1. The summed E-state index contributed by atoms with van der Waals surface area (Å²) in [5, 5.41) is 12.7. The first kappa shape index (κ1) is 27.9. The summed E-state index contributed by atoms with van der Waals surface area (Å²) in [5.41, 5.74) is 10.6. The van der Waals surface area contributed by atoms with Gasteiger partial charge in [-0.05, 0) is 85.5 Å². The van der Waals surface area contributed by atoms with Crippen molar-refractivity contribution in [2.24, 2.45) is 10.9 Å². The third kappa shape index (κ3) is 7.70. The maximum atomic E-state index is 8.74. The van der Waals surface area contributed by atoms with Crippen molar-refractivity contribution in [1.82, 2.24) is 9.97 Å². The summed E-state index contributed by atoms with van der Waals surface area (Å²) in [5.74, 6) is 1.69. The molecule has 0 aliphatic heterocycles. The van der Waals surface area contributed by atoms with Gasteiger partial charge in [0.25, 0.3) is 0 Å². The van der Waals surface area contributed by atoms with Gasteiger partial charge in [-0.25, -0.2) is 4.98 Å². The highest BCUT2D eigenvalue weighted by molar-refractivity contribution is 7.15.